The smallest absolute Gasteiger partial charge is 0.244 e. The molecule has 0 fully saturated rings. The zero-order valence-electron chi connectivity index (χ0n) is 18.9. The summed E-state index contributed by atoms with van der Waals surface area (Å²) in [6, 6.07) is 0. The van der Waals surface area contributed by atoms with Crippen LogP contribution in [0.15, 0.2) is 0 Å². The van der Waals surface area contributed by atoms with E-state index in [2.05, 4.69) is 37.8 Å². The normalized spacial score (nSPS) is 10.9. The van der Waals surface area contributed by atoms with E-state index >= 15 is 0 Å². The molecule has 0 radical (unpaired) electrons. The lowest BCUT2D eigenvalue weighted by Crippen LogP contribution is -2.31. The van der Waals surface area contributed by atoms with Gasteiger partial charge in [-0.05, 0) is 19.3 Å². The summed E-state index contributed by atoms with van der Waals surface area (Å²) in [4.78, 5) is 0. The molecular weight excluding hydrogens is 316 g/mol. The predicted molar refractivity (Wildman–Crippen MR) is 120 cm³/mol. The summed E-state index contributed by atoms with van der Waals surface area (Å²) in [5.74, 6) is 1.44. The van der Waals surface area contributed by atoms with Gasteiger partial charge in [-0.3, -0.25) is 9.89 Å². The van der Waals surface area contributed by atoms with Crippen molar-refractivity contribution in [2.45, 2.75) is 129 Å². The van der Waals surface area contributed by atoms with Crippen molar-refractivity contribution in [1.82, 2.24) is 5.32 Å². The van der Waals surface area contributed by atoms with Gasteiger partial charge in [0.15, 0.2) is 0 Å². The molecule has 0 saturated heterocycles. The third-order valence-electron chi connectivity index (χ3n) is 5.42. The molecule has 0 aromatic rings. The molecule has 2 heteroatoms. The minimum atomic E-state index is 1.15. The van der Waals surface area contributed by atoms with E-state index in [1.54, 1.807) is 0 Å². The van der Waals surface area contributed by atoms with Crippen molar-refractivity contribution in [3.8, 4) is 0 Å². The Kier molecular flexibility index (Phi) is 20.4. The van der Waals surface area contributed by atoms with Crippen LogP contribution in [-0.4, -0.2) is 31.1 Å². The molecule has 0 aliphatic rings. The van der Waals surface area contributed by atoms with E-state index in [0.29, 0.717) is 0 Å². The maximum Gasteiger partial charge on any atom is 0.244 e. The van der Waals surface area contributed by atoms with Crippen LogP contribution in [0.4, 0.5) is 0 Å². The Morgan fingerprint density at radius 1 is 0.538 bits per heavy atom. The maximum absolute atomic E-state index is 3.70. The highest BCUT2D eigenvalue weighted by molar-refractivity contribution is 5.77. The first-order valence-corrected chi connectivity index (χ1v) is 12.0. The maximum atomic E-state index is 3.70. The van der Waals surface area contributed by atoms with Gasteiger partial charge in [-0.1, -0.05) is 104 Å². The Morgan fingerprint density at radius 2 is 0.923 bits per heavy atom. The number of nitrogens with zero attached hydrogens (tertiary/aromatic N) is 1. The standard InChI is InChI=1S/C24H50N2/c1-5-7-9-11-13-14-15-17-19-21-23-25-24(26(3)4)22-20-18-16-12-10-8-6-2/h5-23H2,1-4H3/p+1. The van der Waals surface area contributed by atoms with Crippen molar-refractivity contribution in [2.75, 3.05) is 20.6 Å². The van der Waals surface area contributed by atoms with Crippen LogP contribution in [0.2, 0.25) is 0 Å². The highest BCUT2D eigenvalue weighted by Gasteiger charge is 2.07. The molecule has 0 rings (SSSR count). The summed E-state index contributed by atoms with van der Waals surface area (Å²) in [6.45, 7) is 5.74. The fourth-order valence-corrected chi connectivity index (χ4v) is 3.56. The number of amidine groups is 1. The topological polar surface area (TPSA) is 15.0 Å². The molecule has 0 aliphatic heterocycles. The monoisotopic (exact) mass is 367 g/mol. The van der Waals surface area contributed by atoms with E-state index in [-0.39, 0.29) is 0 Å². The Labute approximate surface area is 166 Å². The Hall–Kier alpha value is -0.530. The van der Waals surface area contributed by atoms with Gasteiger partial charge >= 0.3 is 0 Å². The Balaban J connectivity index is 3.48. The van der Waals surface area contributed by atoms with Crippen LogP contribution in [0.25, 0.3) is 0 Å². The second-order valence-electron chi connectivity index (χ2n) is 8.32. The van der Waals surface area contributed by atoms with Crippen LogP contribution >= 0.6 is 0 Å². The summed E-state index contributed by atoms with van der Waals surface area (Å²) < 4.78 is 2.29. The molecule has 26 heavy (non-hydrogen) atoms. The molecule has 0 spiro atoms. The highest BCUT2D eigenvalue weighted by atomic mass is 15.1. The van der Waals surface area contributed by atoms with Gasteiger partial charge in [-0.2, -0.15) is 0 Å². The van der Waals surface area contributed by atoms with E-state index in [0.717, 1.165) is 6.54 Å². The number of unbranched alkanes of at least 4 members (excludes halogenated alkanes) is 15. The summed E-state index contributed by atoms with van der Waals surface area (Å²) >= 11 is 0. The molecule has 0 aromatic carbocycles. The SMILES string of the molecule is CCCCCCCCCCCCNC(CCCCCCCCC)=[N+](C)C. The van der Waals surface area contributed by atoms with Crippen LogP contribution in [0.5, 0.6) is 0 Å². The third-order valence-corrected chi connectivity index (χ3v) is 5.42. The molecule has 0 unspecified atom stereocenters. The van der Waals surface area contributed by atoms with Crippen molar-refractivity contribution < 1.29 is 4.58 Å². The lowest BCUT2D eigenvalue weighted by molar-refractivity contribution is -0.468. The number of rotatable bonds is 19. The highest BCUT2D eigenvalue weighted by Crippen LogP contribution is 2.11. The zero-order chi connectivity index (χ0) is 19.3. The van der Waals surface area contributed by atoms with Gasteiger partial charge in [0.1, 0.15) is 0 Å². The molecule has 0 aromatic heterocycles. The fraction of sp³-hybridized carbons (Fsp3) is 0.958. The lowest BCUT2D eigenvalue weighted by Gasteiger charge is -2.07. The summed E-state index contributed by atoms with van der Waals surface area (Å²) in [6.07, 6.45) is 25.1. The first-order chi connectivity index (χ1) is 12.7. The molecule has 0 saturated carbocycles. The van der Waals surface area contributed by atoms with Crippen molar-refractivity contribution in [3.63, 3.8) is 0 Å². The molecule has 0 amide bonds. The van der Waals surface area contributed by atoms with Gasteiger partial charge in [0.2, 0.25) is 5.84 Å². The fourth-order valence-electron chi connectivity index (χ4n) is 3.56. The molecule has 0 aliphatic carbocycles. The van der Waals surface area contributed by atoms with Gasteiger partial charge in [-0.25, -0.2) is 0 Å². The second kappa shape index (κ2) is 20.8. The van der Waals surface area contributed by atoms with Crippen LogP contribution in [-0.2, 0) is 0 Å². The lowest BCUT2D eigenvalue weighted by atomic mass is 10.1. The van der Waals surface area contributed by atoms with Crippen molar-refractivity contribution in [3.05, 3.63) is 0 Å². The van der Waals surface area contributed by atoms with E-state index in [9.17, 15) is 0 Å². The summed E-state index contributed by atoms with van der Waals surface area (Å²) in [5.41, 5.74) is 0. The summed E-state index contributed by atoms with van der Waals surface area (Å²) in [5, 5.41) is 3.70. The van der Waals surface area contributed by atoms with Crippen LogP contribution in [0.3, 0.4) is 0 Å². The molecular formula is C24H51N2+. The van der Waals surface area contributed by atoms with Crippen molar-refractivity contribution in [1.29, 1.82) is 0 Å². The average Bonchev–Trinajstić information content (AvgIpc) is 2.63. The summed E-state index contributed by atoms with van der Waals surface area (Å²) in [7, 11) is 4.37. The molecule has 0 heterocycles. The van der Waals surface area contributed by atoms with Crippen LogP contribution < -0.4 is 5.32 Å². The van der Waals surface area contributed by atoms with E-state index in [4.69, 9.17) is 0 Å². The number of hydrogen-bond acceptors (Lipinski definition) is 0. The van der Waals surface area contributed by atoms with Crippen molar-refractivity contribution in [2.24, 2.45) is 0 Å². The quantitative estimate of drug-likeness (QED) is 0.109. The van der Waals surface area contributed by atoms with E-state index < -0.39 is 0 Å². The van der Waals surface area contributed by atoms with Crippen LogP contribution in [0.1, 0.15) is 129 Å². The number of nitrogens with one attached hydrogen (secondary N) is 1. The zero-order valence-corrected chi connectivity index (χ0v) is 18.9. The largest absolute Gasteiger partial charge is 0.278 e. The average molecular weight is 368 g/mol. The molecule has 156 valence electrons. The minimum absolute atomic E-state index is 1.15. The van der Waals surface area contributed by atoms with Gasteiger partial charge < -0.3 is 0 Å². The molecule has 0 atom stereocenters. The molecule has 1 N–H and O–H groups in total. The van der Waals surface area contributed by atoms with Gasteiger partial charge in [0, 0.05) is 6.42 Å². The van der Waals surface area contributed by atoms with Crippen LogP contribution in [0, 0.1) is 0 Å². The van der Waals surface area contributed by atoms with Gasteiger partial charge in [0.05, 0.1) is 20.6 Å². The van der Waals surface area contributed by atoms with E-state index in [1.807, 2.05) is 0 Å². The van der Waals surface area contributed by atoms with E-state index in [1.165, 1.54) is 121 Å². The second-order valence-corrected chi connectivity index (χ2v) is 8.32. The van der Waals surface area contributed by atoms with Gasteiger partial charge in [-0.15, -0.1) is 0 Å². The first-order valence-electron chi connectivity index (χ1n) is 12.0. The van der Waals surface area contributed by atoms with Gasteiger partial charge in [0.25, 0.3) is 0 Å². The van der Waals surface area contributed by atoms with Crippen molar-refractivity contribution >= 4 is 5.84 Å². The number of hydrogen-bond donors (Lipinski definition) is 1. The third kappa shape index (κ3) is 18.3. The first kappa shape index (κ1) is 25.5. The Morgan fingerprint density at radius 3 is 1.35 bits per heavy atom. The minimum Gasteiger partial charge on any atom is -0.278 e. The predicted octanol–water partition coefficient (Wildman–Crippen LogP) is 7.31. The molecule has 2 nitrogen and oxygen atoms in total. The Bertz CT molecular complexity index is 305. The molecule has 0 bridgehead atoms.